The van der Waals surface area contributed by atoms with Crippen molar-refractivity contribution in [3.05, 3.63) is 99.5 Å². The summed E-state index contributed by atoms with van der Waals surface area (Å²) in [5.41, 5.74) is 1.40. The highest BCUT2D eigenvalue weighted by Gasteiger charge is 2.34. The van der Waals surface area contributed by atoms with Gasteiger partial charge in [-0.25, -0.2) is 14.0 Å². The van der Waals surface area contributed by atoms with Gasteiger partial charge in [0.15, 0.2) is 11.5 Å². The van der Waals surface area contributed by atoms with Crippen molar-refractivity contribution in [3.63, 3.8) is 0 Å². The summed E-state index contributed by atoms with van der Waals surface area (Å²) in [6.07, 6.45) is 1.43. The van der Waals surface area contributed by atoms with E-state index in [1.54, 1.807) is 24.3 Å². The van der Waals surface area contributed by atoms with Crippen molar-refractivity contribution < 1.29 is 33.4 Å². The second kappa shape index (κ2) is 10.5. The van der Waals surface area contributed by atoms with Gasteiger partial charge in [0.2, 0.25) is 0 Å². The molecule has 1 heterocycles. The number of nitrogens with one attached hydrogen (secondary N) is 1. The molecule has 0 bridgehead atoms. The number of hydrogen-bond acceptors (Lipinski definition) is 5. The zero-order chi connectivity index (χ0) is 25.8. The third kappa shape index (κ3) is 5.31. The van der Waals surface area contributed by atoms with E-state index in [1.807, 2.05) is 0 Å². The molecule has 0 saturated carbocycles. The van der Waals surface area contributed by atoms with E-state index in [2.05, 4.69) is 5.32 Å². The fourth-order valence-electron chi connectivity index (χ4n) is 3.59. The Morgan fingerprint density at radius 2 is 1.92 bits per heavy atom. The smallest absolute Gasteiger partial charge is 0.335 e. The largest absolute Gasteiger partial charge is 0.493 e. The molecule has 2 N–H and O–H groups in total. The normalized spacial score (nSPS) is 14.2. The Balaban J connectivity index is 1.53. The number of nitrogens with zero attached hydrogens (tertiary/aromatic N) is 1. The van der Waals surface area contributed by atoms with Crippen LogP contribution in [0.25, 0.3) is 6.08 Å². The van der Waals surface area contributed by atoms with Gasteiger partial charge in [-0.05, 0) is 47.5 Å². The zero-order valence-electron chi connectivity index (χ0n) is 19.0. The van der Waals surface area contributed by atoms with Gasteiger partial charge in [-0.15, -0.1) is 0 Å². The number of ether oxygens (including phenoxy) is 2. The zero-order valence-corrected chi connectivity index (χ0v) is 19.7. The summed E-state index contributed by atoms with van der Waals surface area (Å²) in [6.45, 7) is -0.175. The van der Waals surface area contributed by atoms with E-state index >= 15 is 0 Å². The van der Waals surface area contributed by atoms with Crippen LogP contribution in [0.4, 0.5) is 9.18 Å². The van der Waals surface area contributed by atoms with Gasteiger partial charge in [-0.1, -0.05) is 41.9 Å². The van der Waals surface area contributed by atoms with E-state index in [1.165, 1.54) is 49.6 Å². The predicted octanol–water partition coefficient (Wildman–Crippen LogP) is 4.86. The highest BCUT2D eigenvalue weighted by Crippen LogP contribution is 2.37. The number of carboxylic acid groups (broad SMARTS) is 1. The number of amides is 3. The van der Waals surface area contributed by atoms with Gasteiger partial charge in [-0.3, -0.25) is 9.69 Å². The maximum atomic E-state index is 14.0. The third-order valence-electron chi connectivity index (χ3n) is 5.37. The lowest BCUT2D eigenvalue weighted by Gasteiger charge is -2.14. The number of halogens is 2. The second-order valence-electron chi connectivity index (χ2n) is 7.80. The van der Waals surface area contributed by atoms with Crippen LogP contribution in [-0.2, 0) is 17.9 Å². The molecule has 10 heteroatoms. The van der Waals surface area contributed by atoms with Crippen LogP contribution in [0.3, 0.4) is 0 Å². The van der Waals surface area contributed by atoms with Crippen LogP contribution < -0.4 is 14.8 Å². The van der Waals surface area contributed by atoms with E-state index in [0.29, 0.717) is 11.1 Å². The number of carboxylic acids is 1. The number of carbonyl (C=O) groups excluding carboxylic acids is 2. The Labute approximate surface area is 210 Å². The molecule has 4 rings (SSSR count). The topological polar surface area (TPSA) is 105 Å². The molecule has 0 spiro atoms. The van der Waals surface area contributed by atoms with Crippen LogP contribution in [0.15, 0.2) is 66.4 Å². The Bertz CT molecular complexity index is 1390. The standard InChI is InChI=1S/C26H20ClFN2O6/c1-35-22-12-16(10-19(27)23(22)36-14-15-5-4-7-17(9-15)25(32)33)11-21-24(31)30(26(34)29-21)13-18-6-2-3-8-20(18)28/h2-12H,13-14H2,1H3,(H,29,34)(H,32,33)/b21-11+. The minimum Gasteiger partial charge on any atom is -0.493 e. The van der Waals surface area contributed by atoms with Crippen LogP contribution in [-0.4, -0.2) is 35.0 Å². The molecular formula is C26H20ClFN2O6. The Kier molecular flexibility index (Phi) is 7.21. The van der Waals surface area contributed by atoms with Crippen molar-refractivity contribution in [2.75, 3.05) is 7.11 Å². The molecule has 1 aliphatic heterocycles. The third-order valence-corrected chi connectivity index (χ3v) is 5.65. The molecule has 1 fully saturated rings. The molecule has 36 heavy (non-hydrogen) atoms. The molecule has 0 aromatic heterocycles. The van der Waals surface area contributed by atoms with Crippen LogP contribution >= 0.6 is 11.6 Å². The molecule has 3 aromatic carbocycles. The number of urea groups is 1. The maximum absolute atomic E-state index is 14.0. The van der Waals surface area contributed by atoms with Crippen molar-refractivity contribution in [1.29, 1.82) is 0 Å². The van der Waals surface area contributed by atoms with Gasteiger partial charge >= 0.3 is 12.0 Å². The first-order chi connectivity index (χ1) is 17.3. The molecule has 0 aliphatic carbocycles. The van der Waals surface area contributed by atoms with Crippen molar-refractivity contribution in [2.24, 2.45) is 0 Å². The number of aromatic carboxylic acids is 1. The first-order valence-corrected chi connectivity index (χ1v) is 11.0. The van der Waals surface area contributed by atoms with Crippen molar-refractivity contribution in [2.45, 2.75) is 13.2 Å². The Morgan fingerprint density at radius 3 is 2.64 bits per heavy atom. The van der Waals surface area contributed by atoms with Gasteiger partial charge < -0.3 is 19.9 Å². The number of carbonyl (C=O) groups is 3. The number of rotatable bonds is 8. The van der Waals surface area contributed by atoms with Crippen molar-refractivity contribution in [1.82, 2.24) is 10.2 Å². The predicted molar refractivity (Wildman–Crippen MR) is 129 cm³/mol. The second-order valence-corrected chi connectivity index (χ2v) is 8.21. The van der Waals surface area contributed by atoms with E-state index in [4.69, 9.17) is 26.2 Å². The van der Waals surface area contributed by atoms with E-state index in [-0.39, 0.29) is 46.5 Å². The molecule has 8 nitrogen and oxygen atoms in total. The summed E-state index contributed by atoms with van der Waals surface area (Å²) in [4.78, 5) is 37.2. The number of benzene rings is 3. The number of methoxy groups -OCH3 is 1. The summed E-state index contributed by atoms with van der Waals surface area (Å²) >= 11 is 6.41. The lowest BCUT2D eigenvalue weighted by atomic mass is 10.1. The van der Waals surface area contributed by atoms with Crippen LogP contribution in [0.2, 0.25) is 5.02 Å². The number of imide groups is 1. The van der Waals surface area contributed by atoms with Crippen LogP contribution in [0.5, 0.6) is 11.5 Å². The molecular weight excluding hydrogens is 491 g/mol. The lowest BCUT2D eigenvalue weighted by Crippen LogP contribution is -2.30. The van der Waals surface area contributed by atoms with Gasteiger partial charge in [0.05, 0.1) is 24.2 Å². The Morgan fingerprint density at radius 1 is 1.14 bits per heavy atom. The van der Waals surface area contributed by atoms with Gasteiger partial charge in [-0.2, -0.15) is 0 Å². The molecule has 1 saturated heterocycles. The van der Waals surface area contributed by atoms with Crippen LogP contribution in [0, 0.1) is 5.82 Å². The lowest BCUT2D eigenvalue weighted by molar-refractivity contribution is -0.123. The fraction of sp³-hybridized carbons (Fsp3) is 0.115. The molecule has 1 aliphatic rings. The molecule has 0 atom stereocenters. The van der Waals surface area contributed by atoms with E-state index in [0.717, 1.165) is 4.90 Å². The number of hydrogen-bond donors (Lipinski definition) is 2. The Hall–Kier alpha value is -4.37. The SMILES string of the molecule is COc1cc(/C=C2/NC(=O)N(Cc3ccccc3F)C2=O)cc(Cl)c1OCc1cccc(C(=O)O)c1. The average molecular weight is 511 g/mol. The highest BCUT2D eigenvalue weighted by molar-refractivity contribution is 6.32. The fourth-order valence-corrected chi connectivity index (χ4v) is 3.87. The van der Waals surface area contributed by atoms with Crippen LogP contribution in [0.1, 0.15) is 27.0 Å². The highest BCUT2D eigenvalue weighted by atomic mass is 35.5. The van der Waals surface area contributed by atoms with Crippen molar-refractivity contribution >= 4 is 35.6 Å². The maximum Gasteiger partial charge on any atom is 0.335 e. The minimum absolute atomic E-state index is 0.00591. The minimum atomic E-state index is -1.05. The molecule has 184 valence electrons. The summed E-state index contributed by atoms with van der Waals surface area (Å²) in [7, 11) is 1.42. The van der Waals surface area contributed by atoms with E-state index in [9.17, 15) is 18.8 Å². The molecule has 3 aromatic rings. The van der Waals surface area contributed by atoms with Crippen molar-refractivity contribution in [3.8, 4) is 11.5 Å². The van der Waals surface area contributed by atoms with E-state index < -0.39 is 23.7 Å². The quantitative estimate of drug-likeness (QED) is 0.331. The first-order valence-electron chi connectivity index (χ1n) is 10.7. The monoisotopic (exact) mass is 510 g/mol. The summed E-state index contributed by atoms with van der Waals surface area (Å²) in [5, 5.41) is 11.8. The summed E-state index contributed by atoms with van der Waals surface area (Å²) in [6, 6.07) is 14.6. The molecule has 0 radical (unpaired) electrons. The summed E-state index contributed by atoms with van der Waals surface area (Å²) < 4.78 is 25.2. The first kappa shape index (κ1) is 24.7. The molecule has 0 unspecified atom stereocenters. The van der Waals surface area contributed by atoms with Gasteiger partial charge in [0.25, 0.3) is 5.91 Å². The average Bonchev–Trinajstić information content (AvgIpc) is 3.11. The molecule has 3 amide bonds. The van der Waals surface area contributed by atoms with Gasteiger partial charge in [0, 0.05) is 5.56 Å². The summed E-state index contributed by atoms with van der Waals surface area (Å²) in [5.74, 6) is -1.69. The van der Waals surface area contributed by atoms with Gasteiger partial charge in [0.1, 0.15) is 18.1 Å².